The van der Waals surface area contributed by atoms with Gasteiger partial charge < -0.3 is 28.4 Å². The van der Waals surface area contributed by atoms with Crippen molar-refractivity contribution in [2.24, 2.45) is 0 Å². The third-order valence-corrected chi connectivity index (χ3v) is 7.31. The lowest BCUT2D eigenvalue weighted by Crippen LogP contribution is -2.35. The lowest BCUT2D eigenvalue weighted by Gasteiger charge is -2.36. The Labute approximate surface area is 248 Å². The van der Waals surface area contributed by atoms with Crippen LogP contribution in [0.15, 0.2) is 48.5 Å². The number of carbonyl (C=O) groups excluding carboxylic acids is 1. The first kappa shape index (κ1) is 29.4. The van der Waals surface area contributed by atoms with Crippen LogP contribution in [0.5, 0.6) is 34.5 Å². The highest BCUT2D eigenvalue weighted by molar-refractivity contribution is 5.97. The Balaban J connectivity index is 1.73. The van der Waals surface area contributed by atoms with Gasteiger partial charge in [0.05, 0.1) is 24.4 Å². The summed E-state index contributed by atoms with van der Waals surface area (Å²) in [5, 5.41) is 0. The molecule has 0 bridgehead atoms. The fourth-order valence-electron chi connectivity index (χ4n) is 5.36. The van der Waals surface area contributed by atoms with Crippen LogP contribution in [0.4, 0.5) is 0 Å². The van der Waals surface area contributed by atoms with Crippen LogP contribution >= 0.6 is 0 Å². The van der Waals surface area contributed by atoms with Gasteiger partial charge in [-0.05, 0) is 61.1 Å². The summed E-state index contributed by atoms with van der Waals surface area (Å²) in [5.74, 6) is 4.50. The van der Waals surface area contributed by atoms with Crippen LogP contribution in [0, 0.1) is 0 Å². The van der Waals surface area contributed by atoms with Crippen LogP contribution in [0.25, 0.3) is 11.3 Å². The van der Waals surface area contributed by atoms with Gasteiger partial charge in [-0.3, -0.25) is 4.79 Å². The van der Waals surface area contributed by atoms with Crippen molar-refractivity contribution in [3.63, 3.8) is 0 Å². The van der Waals surface area contributed by atoms with Gasteiger partial charge in [-0.1, -0.05) is 46.8 Å². The van der Waals surface area contributed by atoms with Crippen molar-refractivity contribution >= 4 is 17.3 Å². The molecular weight excluding hydrogens is 532 g/mol. The molecule has 1 atom stereocenters. The molecule has 0 saturated heterocycles. The molecule has 222 valence electrons. The van der Waals surface area contributed by atoms with E-state index in [2.05, 4.69) is 46.8 Å². The Morgan fingerprint density at radius 3 is 2.29 bits per heavy atom. The van der Waals surface area contributed by atoms with E-state index < -0.39 is 6.10 Å². The second-order valence-electron chi connectivity index (χ2n) is 11.2. The normalized spacial score (nSPS) is 15.3. The second kappa shape index (κ2) is 12.4. The van der Waals surface area contributed by atoms with E-state index in [1.807, 2.05) is 43.3 Å². The first-order chi connectivity index (χ1) is 20.2. The highest BCUT2D eigenvalue weighted by Gasteiger charge is 2.39. The van der Waals surface area contributed by atoms with Crippen molar-refractivity contribution in [3.05, 3.63) is 70.8 Å². The van der Waals surface area contributed by atoms with Gasteiger partial charge in [0.1, 0.15) is 35.4 Å². The number of ether oxygens (including phenoxy) is 6. The van der Waals surface area contributed by atoms with Gasteiger partial charge in [0.2, 0.25) is 0 Å². The van der Waals surface area contributed by atoms with Crippen molar-refractivity contribution in [3.8, 4) is 34.5 Å². The molecule has 0 N–H and O–H groups in total. The van der Waals surface area contributed by atoms with E-state index in [0.717, 1.165) is 28.7 Å². The van der Waals surface area contributed by atoms with Crippen LogP contribution in [0.3, 0.4) is 0 Å². The highest BCUT2D eigenvalue weighted by atomic mass is 16.6. The monoisotopic (exact) mass is 572 g/mol. The zero-order valence-electron chi connectivity index (χ0n) is 25.5. The third kappa shape index (κ3) is 5.78. The molecule has 0 aromatic heterocycles. The summed E-state index contributed by atoms with van der Waals surface area (Å²) < 4.78 is 37.3. The number of carbonyl (C=O) groups is 1. The summed E-state index contributed by atoms with van der Waals surface area (Å²) in [6, 6.07) is 15.8. The minimum absolute atomic E-state index is 0.0158. The lowest BCUT2D eigenvalue weighted by atomic mass is 9.88. The molecule has 3 aromatic carbocycles. The van der Waals surface area contributed by atoms with Gasteiger partial charge in [0, 0.05) is 24.1 Å². The zero-order valence-corrected chi connectivity index (χ0v) is 25.5. The Morgan fingerprint density at radius 2 is 1.64 bits per heavy atom. The molecule has 1 unspecified atom stereocenters. The molecule has 0 spiro atoms. The van der Waals surface area contributed by atoms with E-state index in [-0.39, 0.29) is 18.5 Å². The average molecular weight is 573 g/mol. The molecule has 0 amide bonds. The number of benzene rings is 3. The standard InChI is InChI=1S/C35H40O7/c1-8-16-38-30-18-28-26(17-29(30)37-9-2)33-31(19-39-28)42-34-25(14-15-27(40-22(7)36)32(34)21(5)6)35(33)41-24-12-10-23(11-13-24)20(3)4/h10-15,17-18,20-21,31H,8-9,16,19H2,1-7H3. The summed E-state index contributed by atoms with van der Waals surface area (Å²) in [7, 11) is 0. The van der Waals surface area contributed by atoms with E-state index >= 15 is 0 Å². The van der Waals surface area contributed by atoms with Gasteiger partial charge in [0.25, 0.3) is 0 Å². The largest absolute Gasteiger partial charge is 0.490 e. The van der Waals surface area contributed by atoms with Gasteiger partial charge in [0.15, 0.2) is 17.6 Å². The molecule has 3 aromatic rings. The number of fused-ring (bicyclic) bond motifs is 4. The molecule has 0 saturated carbocycles. The Morgan fingerprint density at radius 1 is 0.905 bits per heavy atom. The maximum absolute atomic E-state index is 11.9. The van der Waals surface area contributed by atoms with Crippen LogP contribution in [-0.4, -0.2) is 31.9 Å². The van der Waals surface area contributed by atoms with Gasteiger partial charge in [-0.25, -0.2) is 0 Å². The number of hydrogen-bond acceptors (Lipinski definition) is 7. The molecule has 2 heterocycles. The predicted octanol–water partition coefficient (Wildman–Crippen LogP) is 8.15. The summed E-state index contributed by atoms with van der Waals surface area (Å²) >= 11 is 0. The van der Waals surface area contributed by atoms with E-state index in [1.165, 1.54) is 12.5 Å². The fourth-order valence-corrected chi connectivity index (χ4v) is 5.36. The van der Waals surface area contributed by atoms with Crippen LogP contribution < -0.4 is 28.4 Å². The SMILES string of the molecule is CCCOc1cc2c(cc1OCC)C1=C(Oc3ccc(C(C)C)cc3)c3ccc(OC(C)=O)c(C(C)C)c3OC1CO2. The van der Waals surface area contributed by atoms with E-state index in [9.17, 15) is 4.79 Å². The van der Waals surface area contributed by atoms with Crippen molar-refractivity contribution in [2.45, 2.75) is 72.8 Å². The minimum atomic E-state index is -0.461. The fraction of sp³-hybridized carbons (Fsp3) is 0.400. The molecule has 0 aliphatic carbocycles. The molecule has 7 heteroatoms. The first-order valence-electron chi connectivity index (χ1n) is 14.8. The Kier molecular flexibility index (Phi) is 8.66. The van der Waals surface area contributed by atoms with Gasteiger partial charge in [-0.15, -0.1) is 0 Å². The number of hydrogen-bond donors (Lipinski definition) is 0. The van der Waals surface area contributed by atoms with E-state index in [1.54, 1.807) is 0 Å². The quantitative estimate of drug-likeness (QED) is 0.179. The predicted molar refractivity (Wildman–Crippen MR) is 163 cm³/mol. The molecule has 2 aliphatic heterocycles. The summed E-state index contributed by atoms with van der Waals surface area (Å²) in [5.41, 5.74) is 4.52. The third-order valence-electron chi connectivity index (χ3n) is 7.31. The van der Waals surface area contributed by atoms with Crippen molar-refractivity contribution in [2.75, 3.05) is 19.8 Å². The topological polar surface area (TPSA) is 72.5 Å². The summed E-state index contributed by atoms with van der Waals surface area (Å²) in [6.07, 6.45) is 0.416. The molecule has 42 heavy (non-hydrogen) atoms. The molecule has 5 rings (SSSR count). The number of esters is 1. The van der Waals surface area contributed by atoms with Gasteiger partial charge >= 0.3 is 5.97 Å². The maximum atomic E-state index is 11.9. The van der Waals surface area contributed by atoms with E-state index in [0.29, 0.717) is 59.4 Å². The summed E-state index contributed by atoms with van der Waals surface area (Å²) in [4.78, 5) is 11.9. The zero-order chi connectivity index (χ0) is 30.0. The molecule has 0 fully saturated rings. The molecule has 2 aliphatic rings. The number of rotatable bonds is 10. The van der Waals surface area contributed by atoms with Crippen LogP contribution in [0.1, 0.15) is 89.0 Å². The van der Waals surface area contributed by atoms with Crippen LogP contribution in [-0.2, 0) is 4.79 Å². The molecular formula is C35H40O7. The Bertz CT molecular complexity index is 1480. The smallest absolute Gasteiger partial charge is 0.308 e. The highest BCUT2D eigenvalue weighted by Crippen LogP contribution is 2.52. The average Bonchev–Trinajstić information content (AvgIpc) is 2.95. The second-order valence-corrected chi connectivity index (χ2v) is 11.2. The van der Waals surface area contributed by atoms with Crippen molar-refractivity contribution < 1.29 is 33.2 Å². The van der Waals surface area contributed by atoms with Crippen molar-refractivity contribution in [1.29, 1.82) is 0 Å². The molecule has 0 radical (unpaired) electrons. The van der Waals surface area contributed by atoms with Crippen LogP contribution in [0.2, 0.25) is 0 Å². The maximum Gasteiger partial charge on any atom is 0.308 e. The first-order valence-corrected chi connectivity index (χ1v) is 14.8. The molecule has 7 nitrogen and oxygen atoms in total. The van der Waals surface area contributed by atoms with Crippen molar-refractivity contribution in [1.82, 2.24) is 0 Å². The van der Waals surface area contributed by atoms with Gasteiger partial charge in [-0.2, -0.15) is 0 Å². The lowest BCUT2D eigenvalue weighted by molar-refractivity contribution is -0.131. The minimum Gasteiger partial charge on any atom is -0.490 e. The Hall–Kier alpha value is -4.13. The summed E-state index contributed by atoms with van der Waals surface area (Å²) in [6.45, 7) is 15.2. The van der Waals surface area contributed by atoms with E-state index in [4.69, 9.17) is 28.4 Å².